The minimum Gasteiger partial charge on any atom is -0.496 e. The average Bonchev–Trinajstić information content (AvgIpc) is 2.23. The Labute approximate surface area is 90.6 Å². The zero-order valence-corrected chi connectivity index (χ0v) is 8.54. The topological polar surface area (TPSA) is 72.5 Å². The summed E-state index contributed by atoms with van der Waals surface area (Å²) in [6, 6.07) is 1.59. The molecule has 1 unspecified atom stereocenters. The van der Waals surface area contributed by atoms with Crippen LogP contribution in [0.1, 0.15) is 11.5 Å². The smallest absolute Gasteiger partial charge is 0.312 e. The highest BCUT2D eigenvalue weighted by Crippen LogP contribution is 2.28. The van der Waals surface area contributed by atoms with Crippen molar-refractivity contribution in [3.63, 3.8) is 0 Å². The molecule has 1 aromatic carbocycles. The van der Waals surface area contributed by atoms with Crippen molar-refractivity contribution in [1.29, 1.82) is 0 Å². The van der Waals surface area contributed by atoms with Gasteiger partial charge in [0, 0.05) is 18.2 Å². The van der Waals surface area contributed by atoms with Crippen LogP contribution in [0.15, 0.2) is 12.1 Å². The average molecular weight is 231 g/mol. The summed E-state index contributed by atoms with van der Waals surface area (Å²) in [6.07, 6.45) is 0. The van der Waals surface area contributed by atoms with E-state index in [1.54, 1.807) is 0 Å². The predicted octanol–water partition coefficient (Wildman–Crippen LogP) is 1.10. The Hall–Kier alpha value is -1.69. The molecule has 0 fully saturated rings. The number of rotatable bonds is 4. The summed E-state index contributed by atoms with van der Waals surface area (Å²) in [4.78, 5) is 10.8. The molecule has 1 aromatic rings. The lowest BCUT2D eigenvalue weighted by atomic mass is 9.98. The summed E-state index contributed by atoms with van der Waals surface area (Å²) in [6.45, 7) is -0.225. The third-order valence-corrected chi connectivity index (χ3v) is 2.18. The fourth-order valence-corrected chi connectivity index (χ4v) is 1.35. The standard InChI is InChI=1S/C10H11F2NO3/c1-16-9-3-8(12)7(11)2-5(9)6(4-13)10(14)15/h2-3,6H,4,13H2,1H3,(H,14,15). The van der Waals surface area contributed by atoms with Crippen molar-refractivity contribution in [3.8, 4) is 5.75 Å². The first-order valence-corrected chi connectivity index (χ1v) is 4.47. The number of benzene rings is 1. The molecule has 4 nitrogen and oxygen atoms in total. The number of carboxylic acids is 1. The number of aliphatic carboxylic acids is 1. The molecule has 3 N–H and O–H groups in total. The summed E-state index contributed by atoms with van der Waals surface area (Å²) in [5, 5.41) is 8.86. The van der Waals surface area contributed by atoms with Crippen LogP contribution in [-0.4, -0.2) is 24.7 Å². The molecule has 0 spiro atoms. The number of methoxy groups -OCH3 is 1. The fraction of sp³-hybridized carbons (Fsp3) is 0.300. The molecule has 0 aliphatic carbocycles. The third kappa shape index (κ3) is 2.27. The Kier molecular flexibility index (Phi) is 3.78. The molecule has 0 radical (unpaired) electrons. The summed E-state index contributed by atoms with van der Waals surface area (Å²) in [5.74, 6) is -4.59. The van der Waals surface area contributed by atoms with Crippen LogP contribution in [0.4, 0.5) is 8.78 Å². The summed E-state index contributed by atoms with van der Waals surface area (Å²) in [7, 11) is 1.24. The third-order valence-electron chi connectivity index (χ3n) is 2.18. The molecule has 0 amide bonds. The van der Waals surface area contributed by atoms with Crippen LogP contribution in [0.5, 0.6) is 5.75 Å². The first kappa shape index (κ1) is 12.4. The Morgan fingerprint density at radius 3 is 2.50 bits per heavy atom. The monoisotopic (exact) mass is 231 g/mol. The van der Waals surface area contributed by atoms with E-state index < -0.39 is 23.5 Å². The first-order valence-electron chi connectivity index (χ1n) is 4.47. The summed E-state index contributed by atoms with van der Waals surface area (Å²) < 4.78 is 30.7. The van der Waals surface area contributed by atoms with Crippen molar-refractivity contribution in [2.24, 2.45) is 5.73 Å². The van der Waals surface area contributed by atoms with Crippen molar-refractivity contribution < 1.29 is 23.4 Å². The van der Waals surface area contributed by atoms with E-state index in [9.17, 15) is 13.6 Å². The Balaban J connectivity index is 3.30. The van der Waals surface area contributed by atoms with Crippen LogP contribution in [-0.2, 0) is 4.79 Å². The maximum atomic E-state index is 13.0. The molecular formula is C10H11F2NO3. The van der Waals surface area contributed by atoms with Crippen LogP contribution < -0.4 is 10.5 Å². The van der Waals surface area contributed by atoms with Crippen LogP contribution in [0.2, 0.25) is 0 Å². The normalized spacial score (nSPS) is 12.2. The number of hydrogen-bond donors (Lipinski definition) is 2. The van der Waals surface area contributed by atoms with Crippen LogP contribution >= 0.6 is 0 Å². The van der Waals surface area contributed by atoms with Crippen molar-refractivity contribution in [1.82, 2.24) is 0 Å². The van der Waals surface area contributed by atoms with E-state index >= 15 is 0 Å². The molecule has 0 aliphatic rings. The second-order valence-electron chi connectivity index (χ2n) is 3.13. The van der Waals surface area contributed by atoms with E-state index in [2.05, 4.69) is 0 Å². The van der Waals surface area contributed by atoms with Crippen molar-refractivity contribution in [3.05, 3.63) is 29.3 Å². The predicted molar refractivity (Wildman–Crippen MR) is 52.3 cm³/mol. The molecule has 1 rings (SSSR count). The van der Waals surface area contributed by atoms with Gasteiger partial charge >= 0.3 is 5.97 Å². The van der Waals surface area contributed by atoms with E-state index in [1.165, 1.54) is 7.11 Å². The van der Waals surface area contributed by atoms with Gasteiger partial charge in [-0.3, -0.25) is 4.79 Å². The Bertz CT molecular complexity index is 409. The first-order chi connectivity index (χ1) is 7.51. The number of carbonyl (C=O) groups is 1. The van der Waals surface area contributed by atoms with Gasteiger partial charge in [0.2, 0.25) is 0 Å². The molecule has 0 bridgehead atoms. The van der Waals surface area contributed by atoms with Gasteiger partial charge in [-0.25, -0.2) is 8.78 Å². The van der Waals surface area contributed by atoms with Crippen LogP contribution in [0.3, 0.4) is 0 Å². The molecule has 16 heavy (non-hydrogen) atoms. The van der Waals surface area contributed by atoms with Gasteiger partial charge in [0.25, 0.3) is 0 Å². The lowest BCUT2D eigenvalue weighted by Gasteiger charge is -2.14. The van der Waals surface area contributed by atoms with Gasteiger partial charge in [0.15, 0.2) is 11.6 Å². The highest BCUT2D eigenvalue weighted by molar-refractivity contribution is 5.77. The Morgan fingerprint density at radius 2 is 2.06 bits per heavy atom. The molecule has 0 saturated heterocycles. The van der Waals surface area contributed by atoms with Crippen molar-refractivity contribution in [2.75, 3.05) is 13.7 Å². The van der Waals surface area contributed by atoms with Crippen LogP contribution in [0.25, 0.3) is 0 Å². The number of nitrogens with two attached hydrogens (primary N) is 1. The molecule has 0 aromatic heterocycles. The van der Waals surface area contributed by atoms with E-state index in [0.717, 1.165) is 12.1 Å². The number of halogens is 2. The van der Waals surface area contributed by atoms with E-state index in [4.69, 9.17) is 15.6 Å². The highest BCUT2D eigenvalue weighted by atomic mass is 19.2. The molecule has 1 atom stereocenters. The van der Waals surface area contributed by atoms with E-state index in [-0.39, 0.29) is 17.9 Å². The van der Waals surface area contributed by atoms with Gasteiger partial charge in [0.1, 0.15) is 5.75 Å². The van der Waals surface area contributed by atoms with Gasteiger partial charge in [-0.15, -0.1) is 0 Å². The van der Waals surface area contributed by atoms with E-state index in [1.807, 2.05) is 0 Å². The minimum atomic E-state index is -1.22. The number of carboxylic acid groups (broad SMARTS) is 1. The van der Waals surface area contributed by atoms with E-state index in [0.29, 0.717) is 0 Å². The molecule has 0 saturated carbocycles. The number of ether oxygens (including phenoxy) is 1. The van der Waals surface area contributed by atoms with Gasteiger partial charge in [-0.1, -0.05) is 0 Å². The molecule has 6 heteroatoms. The highest BCUT2D eigenvalue weighted by Gasteiger charge is 2.23. The molecular weight excluding hydrogens is 220 g/mol. The summed E-state index contributed by atoms with van der Waals surface area (Å²) >= 11 is 0. The maximum absolute atomic E-state index is 13.0. The van der Waals surface area contributed by atoms with Crippen molar-refractivity contribution in [2.45, 2.75) is 5.92 Å². The quantitative estimate of drug-likeness (QED) is 0.813. The van der Waals surface area contributed by atoms with Gasteiger partial charge in [-0.2, -0.15) is 0 Å². The second-order valence-corrected chi connectivity index (χ2v) is 3.13. The van der Waals surface area contributed by atoms with Gasteiger partial charge in [-0.05, 0) is 6.07 Å². The Morgan fingerprint density at radius 1 is 1.50 bits per heavy atom. The SMILES string of the molecule is COc1cc(F)c(F)cc1C(CN)C(=O)O. The van der Waals surface area contributed by atoms with Crippen molar-refractivity contribution >= 4 is 5.97 Å². The zero-order valence-electron chi connectivity index (χ0n) is 8.54. The molecule has 88 valence electrons. The minimum absolute atomic E-state index is 0.0244. The van der Waals surface area contributed by atoms with Gasteiger partial charge in [0.05, 0.1) is 13.0 Å². The lowest BCUT2D eigenvalue weighted by molar-refractivity contribution is -0.138. The number of hydrogen-bond acceptors (Lipinski definition) is 3. The van der Waals surface area contributed by atoms with Gasteiger partial charge < -0.3 is 15.6 Å². The largest absolute Gasteiger partial charge is 0.496 e. The maximum Gasteiger partial charge on any atom is 0.312 e. The lowest BCUT2D eigenvalue weighted by Crippen LogP contribution is -2.22. The molecule has 0 heterocycles. The summed E-state index contributed by atoms with van der Waals surface area (Å²) in [5.41, 5.74) is 5.29. The zero-order chi connectivity index (χ0) is 12.3. The fourth-order valence-electron chi connectivity index (χ4n) is 1.35. The second kappa shape index (κ2) is 4.89. The molecule has 0 aliphatic heterocycles. The van der Waals surface area contributed by atoms with Crippen LogP contribution in [0, 0.1) is 11.6 Å².